The maximum absolute atomic E-state index is 11.8. The molecule has 1 fully saturated rings. The molecule has 0 bridgehead atoms. The summed E-state index contributed by atoms with van der Waals surface area (Å²) in [6.07, 6.45) is 0.443. The molecule has 1 aliphatic heterocycles. The summed E-state index contributed by atoms with van der Waals surface area (Å²) in [6, 6.07) is -1.54. The van der Waals surface area contributed by atoms with Gasteiger partial charge in [0.1, 0.15) is 12.1 Å². The van der Waals surface area contributed by atoms with E-state index < -0.39 is 23.9 Å². The van der Waals surface area contributed by atoms with E-state index in [2.05, 4.69) is 28.6 Å². The number of hydrogen-bond acceptors (Lipinski definition) is 5. The Morgan fingerprint density at radius 3 is 2.67 bits per heavy atom. The summed E-state index contributed by atoms with van der Waals surface area (Å²) in [6.45, 7) is 1.29. The molecule has 0 aromatic carbocycles. The molecule has 100 valence electrons. The van der Waals surface area contributed by atoms with E-state index in [9.17, 15) is 19.2 Å². The van der Waals surface area contributed by atoms with E-state index in [0.717, 1.165) is 0 Å². The van der Waals surface area contributed by atoms with Gasteiger partial charge >= 0.3 is 0 Å². The molecule has 1 aliphatic rings. The number of hydrogen-bond donors (Lipinski definition) is 4. The van der Waals surface area contributed by atoms with Crippen LogP contribution in [0.5, 0.6) is 0 Å². The molecule has 18 heavy (non-hydrogen) atoms. The van der Waals surface area contributed by atoms with Gasteiger partial charge in [0.15, 0.2) is 0 Å². The van der Waals surface area contributed by atoms with Crippen LogP contribution < -0.4 is 16.0 Å². The van der Waals surface area contributed by atoms with Crippen molar-refractivity contribution in [3.8, 4) is 0 Å². The minimum absolute atomic E-state index is 0.124. The molecule has 2 atom stereocenters. The van der Waals surface area contributed by atoms with Crippen LogP contribution >= 0.6 is 12.6 Å². The van der Waals surface area contributed by atoms with Crippen molar-refractivity contribution in [2.75, 3.05) is 5.75 Å². The molecule has 0 aromatic rings. The number of thiol groups is 1. The zero-order valence-electron chi connectivity index (χ0n) is 9.86. The fraction of sp³-hybridized carbons (Fsp3) is 0.600. The minimum Gasteiger partial charge on any atom is -0.344 e. The van der Waals surface area contributed by atoms with Crippen molar-refractivity contribution in [2.24, 2.45) is 0 Å². The lowest BCUT2D eigenvalue weighted by Crippen LogP contribution is -2.56. The third-order valence-corrected chi connectivity index (χ3v) is 2.80. The summed E-state index contributed by atoms with van der Waals surface area (Å²) in [5.74, 6) is -1.60. The zero-order valence-corrected chi connectivity index (χ0v) is 10.8. The summed E-state index contributed by atoms with van der Waals surface area (Å²) in [5.41, 5.74) is 0. The molecule has 0 aromatic heterocycles. The Hall–Kier alpha value is -1.57. The van der Waals surface area contributed by atoms with Crippen molar-refractivity contribution >= 4 is 36.3 Å². The lowest BCUT2D eigenvalue weighted by atomic mass is 10.1. The number of carbonyl (C=O) groups excluding carboxylic acids is 4. The Bertz CT molecular complexity index is 385. The van der Waals surface area contributed by atoms with Crippen LogP contribution in [0.1, 0.15) is 19.8 Å². The molecule has 0 spiro atoms. The highest BCUT2D eigenvalue weighted by Crippen LogP contribution is 2.04. The molecule has 3 N–H and O–H groups in total. The third kappa shape index (κ3) is 4.02. The smallest absolute Gasteiger partial charge is 0.249 e. The van der Waals surface area contributed by atoms with E-state index in [4.69, 9.17) is 0 Å². The number of amides is 4. The summed E-state index contributed by atoms with van der Waals surface area (Å²) in [7, 11) is 0. The predicted octanol–water partition coefficient (Wildman–Crippen LogP) is -1.66. The zero-order chi connectivity index (χ0) is 13.7. The van der Waals surface area contributed by atoms with Gasteiger partial charge in [-0.1, -0.05) is 0 Å². The van der Waals surface area contributed by atoms with Crippen LogP contribution in [0.2, 0.25) is 0 Å². The molecule has 0 saturated carbocycles. The Morgan fingerprint density at radius 2 is 2.17 bits per heavy atom. The van der Waals surface area contributed by atoms with Gasteiger partial charge in [0, 0.05) is 19.1 Å². The highest BCUT2D eigenvalue weighted by molar-refractivity contribution is 7.80. The summed E-state index contributed by atoms with van der Waals surface area (Å²) < 4.78 is 0. The molecule has 0 radical (unpaired) electrons. The Kier molecular flexibility index (Phi) is 5.14. The minimum atomic E-state index is -0.795. The summed E-state index contributed by atoms with van der Waals surface area (Å²) >= 11 is 3.95. The van der Waals surface area contributed by atoms with Crippen molar-refractivity contribution in [3.05, 3.63) is 0 Å². The number of imide groups is 1. The van der Waals surface area contributed by atoms with Gasteiger partial charge in [0.2, 0.25) is 23.6 Å². The van der Waals surface area contributed by atoms with E-state index in [0.29, 0.717) is 0 Å². The Balaban J connectivity index is 2.55. The van der Waals surface area contributed by atoms with E-state index in [-0.39, 0.29) is 30.4 Å². The standard InChI is InChI=1S/C10H15N3O4S/c1-5(14)11-7(4-18)10(17)12-6-2-3-8(15)13-9(6)16/h6-7,18H,2-4H2,1H3,(H,11,14)(H,12,17)(H,13,15,16). The van der Waals surface area contributed by atoms with Gasteiger partial charge < -0.3 is 10.6 Å². The highest BCUT2D eigenvalue weighted by atomic mass is 32.1. The summed E-state index contributed by atoms with van der Waals surface area (Å²) in [4.78, 5) is 45.0. The molecule has 0 aliphatic carbocycles. The van der Waals surface area contributed by atoms with Crippen LogP contribution in [0.3, 0.4) is 0 Å². The van der Waals surface area contributed by atoms with Gasteiger partial charge in [-0.15, -0.1) is 0 Å². The van der Waals surface area contributed by atoms with E-state index >= 15 is 0 Å². The van der Waals surface area contributed by atoms with Crippen molar-refractivity contribution in [3.63, 3.8) is 0 Å². The van der Waals surface area contributed by atoms with Gasteiger partial charge in [-0.05, 0) is 6.42 Å². The van der Waals surface area contributed by atoms with E-state index in [1.165, 1.54) is 6.92 Å². The maximum Gasteiger partial charge on any atom is 0.249 e. The number of piperidine rings is 1. The lowest BCUT2D eigenvalue weighted by Gasteiger charge is -2.24. The van der Waals surface area contributed by atoms with Crippen molar-refractivity contribution < 1.29 is 19.2 Å². The van der Waals surface area contributed by atoms with Crippen molar-refractivity contribution in [1.29, 1.82) is 0 Å². The van der Waals surface area contributed by atoms with Crippen LogP contribution in [0, 0.1) is 0 Å². The number of carbonyl (C=O) groups is 4. The SMILES string of the molecule is CC(=O)NC(CS)C(=O)NC1CCC(=O)NC1=O. The van der Waals surface area contributed by atoms with Crippen LogP contribution in [0.4, 0.5) is 0 Å². The van der Waals surface area contributed by atoms with Crippen molar-refractivity contribution in [2.45, 2.75) is 31.8 Å². The van der Waals surface area contributed by atoms with Crippen LogP contribution in [0.25, 0.3) is 0 Å². The van der Waals surface area contributed by atoms with Crippen LogP contribution in [0.15, 0.2) is 0 Å². The second kappa shape index (κ2) is 6.39. The molecule has 8 heteroatoms. The van der Waals surface area contributed by atoms with Gasteiger partial charge in [-0.3, -0.25) is 24.5 Å². The molecule has 1 heterocycles. The lowest BCUT2D eigenvalue weighted by molar-refractivity contribution is -0.137. The van der Waals surface area contributed by atoms with Crippen molar-refractivity contribution in [1.82, 2.24) is 16.0 Å². The molecule has 7 nitrogen and oxygen atoms in total. The van der Waals surface area contributed by atoms with Gasteiger partial charge in [-0.25, -0.2) is 0 Å². The number of nitrogens with one attached hydrogen (secondary N) is 3. The first-order chi connectivity index (χ1) is 8.43. The first kappa shape index (κ1) is 14.5. The van der Waals surface area contributed by atoms with E-state index in [1.807, 2.05) is 0 Å². The van der Waals surface area contributed by atoms with Gasteiger partial charge in [-0.2, -0.15) is 12.6 Å². The number of rotatable bonds is 4. The Morgan fingerprint density at radius 1 is 1.50 bits per heavy atom. The molecule has 1 saturated heterocycles. The first-order valence-corrected chi connectivity index (χ1v) is 6.09. The van der Waals surface area contributed by atoms with Crippen LogP contribution in [-0.2, 0) is 19.2 Å². The second-order valence-electron chi connectivity index (χ2n) is 3.95. The molecule has 1 rings (SSSR count). The fourth-order valence-corrected chi connectivity index (χ4v) is 1.80. The second-order valence-corrected chi connectivity index (χ2v) is 4.31. The molecule has 4 amide bonds. The topological polar surface area (TPSA) is 104 Å². The van der Waals surface area contributed by atoms with E-state index in [1.54, 1.807) is 0 Å². The average Bonchev–Trinajstić information content (AvgIpc) is 2.29. The van der Waals surface area contributed by atoms with Gasteiger partial charge in [0.05, 0.1) is 0 Å². The molecular weight excluding hydrogens is 258 g/mol. The molecule has 2 unspecified atom stereocenters. The maximum atomic E-state index is 11.8. The highest BCUT2D eigenvalue weighted by Gasteiger charge is 2.29. The average molecular weight is 273 g/mol. The normalized spacial score (nSPS) is 20.9. The van der Waals surface area contributed by atoms with Crippen LogP contribution in [-0.4, -0.2) is 41.5 Å². The van der Waals surface area contributed by atoms with Gasteiger partial charge in [0.25, 0.3) is 0 Å². The largest absolute Gasteiger partial charge is 0.344 e. The first-order valence-electron chi connectivity index (χ1n) is 5.46. The quantitative estimate of drug-likeness (QED) is 0.363. The monoisotopic (exact) mass is 273 g/mol. The summed E-state index contributed by atoms with van der Waals surface area (Å²) in [5, 5.41) is 7.03. The molecular formula is C10H15N3O4S. The third-order valence-electron chi connectivity index (χ3n) is 2.43. The predicted molar refractivity (Wildman–Crippen MR) is 65.8 cm³/mol. The Labute approximate surface area is 109 Å². The fourth-order valence-electron chi connectivity index (χ4n) is 1.54.